The Kier molecular flexibility index (Phi) is 4.91. The van der Waals surface area contributed by atoms with Crippen molar-refractivity contribution in [3.05, 3.63) is 102 Å². The van der Waals surface area contributed by atoms with Gasteiger partial charge in [-0.2, -0.15) is 0 Å². The van der Waals surface area contributed by atoms with Gasteiger partial charge in [0.15, 0.2) is 0 Å². The summed E-state index contributed by atoms with van der Waals surface area (Å²) in [6, 6.07) is 22.2. The number of aromatic nitrogens is 3. The van der Waals surface area contributed by atoms with E-state index in [1.807, 2.05) is 59.3 Å². The number of benzene rings is 2. The van der Waals surface area contributed by atoms with Gasteiger partial charge >= 0.3 is 0 Å². The Morgan fingerprint density at radius 2 is 1.87 bits per heavy atom. The standard InChI is InChI=1S/C24H20N4OS/c29-24(26-19-6-8-20(9-7-19)27-14-12-25-17-27)22-16-23-21(11-15-30-23)28(22)13-10-18-4-2-1-3-5-18/h1-9,11-12,14-17H,10,13H2,(H,26,29). The Morgan fingerprint density at radius 1 is 1.03 bits per heavy atom. The molecule has 0 atom stereocenters. The molecule has 5 aromatic rings. The van der Waals surface area contributed by atoms with Gasteiger partial charge in [0.25, 0.3) is 5.91 Å². The maximum atomic E-state index is 13.1. The Bertz CT molecular complexity index is 1270. The van der Waals surface area contributed by atoms with Crippen LogP contribution in [0.1, 0.15) is 16.1 Å². The van der Waals surface area contributed by atoms with Crippen molar-refractivity contribution in [2.24, 2.45) is 0 Å². The fourth-order valence-corrected chi connectivity index (χ4v) is 4.44. The number of hydrogen-bond acceptors (Lipinski definition) is 3. The van der Waals surface area contributed by atoms with Gasteiger partial charge in [-0.25, -0.2) is 4.98 Å². The molecule has 148 valence electrons. The Hall–Kier alpha value is -3.64. The minimum absolute atomic E-state index is 0.0955. The van der Waals surface area contributed by atoms with Crippen LogP contribution in [0.5, 0.6) is 0 Å². The molecule has 5 rings (SSSR count). The fraction of sp³-hybridized carbons (Fsp3) is 0.0833. The van der Waals surface area contributed by atoms with Crippen LogP contribution < -0.4 is 5.32 Å². The first-order valence-electron chi connectivity index (χ1n) is 9.78. The van der Waals surface area contributed by atoms with Gasteiger partial charge in [-0.05, 0) is 53.8 Å². The van der Waals surface area contributed by atoms with Crippen molar-refractivity contribution in [3.63, 3.8) is 0 Å². The number of carbonyl (C=O) groups excluding carboxylic acids is 1. The van der Waals surface area contributed by atoms with E-state index in [9.17, 15) is 4.79 Å². The monoisotopic (exact) mass is 412 g/mol. The van der Waals surface area contributed by atoms with Crippen molar-refractivity contribution >= 4 is 33.1 Å². The SMILES string of the molecule is O=C(Nc1ccc(-n2ccnc2)cc1)c1cc2sccc2n1CCc1ccccc1. The highest BCUT2D eigenvalue weighted by atomic mass is 32.1. The molecule has 0 spiro atoms. The molecule has 0 aliphatic carbocycles. The van der Waals surface area contributed by atoms with Gasteiger partial charge < -0.3 is 14.5 Å². The van der Waals surface area contributed by atoms with Crippen molar-refractivity contribution in [2.45, 2.75) is 13.0 Å². The second-order valence-electron chi connectivity index (χ2n) is 7.06. The van der Waals surface area contributed by atoms with Crippen molar-refractivity contribution in [1.29, 1.82) is 0 Å². The highest BCUT2D eigenvalue weighted by molar-refractivity contribution is 7.17. The number of thiophene rings is 1. The zero-order chi connectivity index (χ0) is 20.3. The Labute approximate surface area is 178 Å². The first kappa shape index (κ1) is 18.4. The third kappa shape index (κ3) is 3.65. The van der Waals surface area contributed by atoms with Gasteiger partial charge in [-0.1, -0.05) is 30.3 Å². The average molecular weight is 413 g/mol. The molecule has 3 heterocycles. The van der Waals surface area contributed by atoms with Gasteiger partial charge in [0, 0.05) is 30.3 Å². The third-order valence-corrected chi connectivity index (χ3v) is 6.00. The lowest BCUT2D eigenvalue weighted by atomic mass is 10.1. The zero-order valence-electron chi connectivity index (χ0n) is 16.2. The van der Waals surface area contributed by atoms with Gasteiger partial charge in [-0.3, -0.25) is 4.79 Å². The van der Waals surface area contributed by atoms with E-state index >= 15 is 0 Å². The lowest BCUT2D eigenvalue weighted by molar-refractivity contribution is 0.101. The van der Waals surface area contributed by atoms with Crippen molar-refractivity contribution in [3.8, 4) is 5.69 Å². The van der Waals surface area contributed by atoms with Gasteiger partial charge in [0.2, 0.25) is 0 Å². The van der Waals surface area contributed by atoms with Gasteiger partial charge in [0.05, 0.1) is 16.5 Å². The number of hydrogen-bond donors (Lipinski definition) is 1. The van der Waals surface area contributed by atoms with Crippen LogP contribution in [0.4, 0.5) is 5.69 Å². The number of rotatable bonds is 6. The zero-order valence-corrected chi connectivity index (χ0v) is 17.0. The molecule has 2 aromatic carbocycles. The predicted octanol–water partition coefficient (Wildman–Crippen LogP) is 5.38. The lowest BCUT2D eigenvalue weighted by Crippen LogP contribution is -2.17. The summed E-state index contributed by atoms with van der Waals surface area (Å²) in [5.74, 6) is -0.0955. The summed E-state index contributed by atoms with van der Waals surface area (Å²) in [6.45, 7) is 0.757. The summed E-state index contributed by atoms with van der Waals surface area (Å²) in [5, 5.41) is 5.11. The van der Waals surface area contributed by atoms with Crippen LogP contribution in [-0.2, 0) is 13.0 Å². The molecule has 30 heavy (non-hydrogen) atoms. The number of imidazole rings is 1. The van der Waals surface area contributed by atoms with E-state index in [0.717, 1.165) is 34.6 Å². The van der Waals surface area contributed by atoms with E-state index in [4.69, 9.17) is 0 Å². The van der Waals surface area contributed by atoms with Gasteiger partial charge in [-0.15, -0.1) is 11.3 Å². The Balaban J connectivity index is 1.37. The highest BCUT2D eigenvalue weighted by Gasteiger charge is 2.16. The van der Waals surface area contributed by atoms with Crippen LogP contribution in [0.2, 0.25) is 0 Å². The molecule has 0 bridgehead atoms. The minimum Gasteiger partial charge on any atom is -0.335 e. The van der Waals surface area contributed by atoms with E-state index in [1.165, 1.54) is 5.56 Å². The quantitative estimate of drug-likeness (QED) is 0.407. The summed E-state index contributed by atoms with van der Waals surface area (Å²) in [4.78, 5) is 17.2. The molecular weight excluding hydrogens is 392 g/mol. The molecule has 0 aliphatic rings. The number of fused-ring (bicyclic) bond motifs is 1. The van der Waals surface area contributed by atoms with E-state index < -0.39 is 0 Å². The number of nitrogens with one attached hydrogen (secondary N) is 1. The summed E-state index contributed by atoms with van der Waals surface area (Å²) in [7, 11) is 0. The van der Waals surface area contributed by atoms with Crippen LogP contribution in [0.3, 0.4) is 0 Å². The lowest BCUT2D eigenvalue weighted by Gasteiger charge is -2.11. The first-order valence-corrected chi connectivity index (χ1v) is 10.7. The summed E-state index contributed by atoms with van der Waals surface area (Å²) < 4.78 is 5.17. The fourth-order valence-electron chi connectivity index (χ4n) is 3.62. The number of nitrogens with zero attached hydrogens (tertiary/aromatic N) is 3. The molecule has 0 fully saturated rings. The van der Waals surface area contributed by atoms with Crippen LogP contribution in [-0.4, -0.2) is 20.0 Å². The largest absolute Gasteiger partial charge is 0.335 e. The van der Waals surface area contributed by atoms with Crippen molar-refractivity contribution in [2.75, 3.05) is 5.32 Å². The van der Waals surface area contributed by atoms with E-state index in [0.29, 0.717) is 5.69 Å². The number of amides is 1. The van der Waals surface area contributed by atoms with E-state index in [2.05, 4.69) is 38.4 Å². The topological polar surface area (TPSA) is 51.9 Å². The summed E-state index contributed by atoms with van der Waals surface area (Å²) in [6.07, 6.45) is 6.26. The average Bonchev–Trinajstić information content (AvgIpc) is 3.51. The highest BCUT2D eigenvalue weighted by Crippen LogP contribution is 2.26. The molecule has 5 nitrogen and oxygen atoms in total. The first-order chi connectivity index (χ1) is 14.8. The normalized spacial score (nSPS) is 11.1. The molecule has 3 aromatic heterocycles. The van der Waals surface area contributed by atoms with E-state index in [-0.39, 0.29) is 5.91 Å². The second kappa shape index (κ2) is 8.00. The number of anilines is 1. The van der Waals surface area contributed by atoms with E-state index in [1.54, 1.807) is 23.9 Å². The van der Waals surface area contributed by atoms with Crippen molar-refractivity contribution < 1.29 is 4.79 Å². The second-order valence-corrected chi connectivity index (χ2v) is 8.01. The number of carbonyl (C=O) groups is 1. The molecule has 1 amide bonds. The maximum absolute atomic E-state index is 13.1. The molecule has 0 aliphatic heterocycles. The smallest absolute Gasteiger partial charge is 0.272 e. The molecule has 0 unspecified atom stereocenters. The predicted molar refractivity (Wildman–Crippen MR) is 121 cm³/mol. The molecule has 0 radical (unpaired) electrons. The molecule has 0 saturated carbocycles. The molecule has 1 N–H and O–H groups in total. The maximum Gasteiger partial charge on any atom is 0.272 e. The summed E-state index contributed by atoms with van der Waals surface area (Å²) >= 11 is 1.66. The third-order valence-electron chi connectivity index (χ3n) is 5.15. The molecule has 6 heteroatoms. The molecule has 0 saturated heterocycles. The number of aryl methyl sites for hydroxylation is 2. The van der Waals surface area contributed by atoms with Gasteiger partial charge in [0.1, 0.15) is 5.69 Å². The van der Waals surface area contributed by atoms with Crippen LogP contribution in [0, 0.1) is 0 Å². The Morgan fingerprint density at radius 3 is 2.63 bits per heavy atom. The van der Waals surface area contributed by atoms with Crippen LogP contribution >= 0.6 is 11.3 Å². The minimum atomic E-state index is -0.0955. The molecular formula is C24H20N4OS. The summed E-state index contributed by atoms with van der Waals surface area (Å²) in [5.41, 5.74) is 4.82. The van der Waals surface area contributed by atoms with Crippen LogP contribution in [0.25, 0.3) is 15.9 Å². The van der Waals surface area contributed by atoms with Crippen molar-refractivity contribution in [1.82, 2.24) is 14.1 Å². The van der Waals surface area contributed by atoms with Crippen LogP contribution in [0.15, 0.2) is 90.8 Å².